The van der Waals surface area contributed by atoms with E-state index in [4.69, 9.17) is 10.5 Å². The predicted molar refractivity (Wildman–Crippen MR) is 62.9 cm³/mol. The van der Waals surface area contributed by atoms with Crippen molar-refractivity contribution in [2.45, 2.75) is 6.18 Å². The number of anilines is 2. The van der Waals surface area contributed by atoms with Crippen LogP contribution in [0.5, 0.6) is 5.75 Å². The normalized spacial score (nSPS) is 11.2. The summed E-state index contributed by atoms with van der Waals surface area (Å²) >= 11 is 0. The van der Waals surface area contributed by atoms with Gasteiger partial charge in [-0.05, 0) is 18.2 Å². The number of carbonyl (C=O) groups excluding carboxylic acids is 1. The first-order valence-electron chi connectivity index (χ1n) is 5.19. The summed E-state index contributed by atoms with van der Waals surface area (Å²) in [6.45, 7) is -2.19. The fourth-order valence-corrected chi connectivity index (χ4v) is 1.27. The van der Waals surface area contributed by atoms with Gasteiger partial charge >= 0.3 is 6.18 Å². The van der Waals surface area contributed by atoms with Crippen LogP contribution < -0.4 is 15.8 Å². The first-order valence-corrected chi connectivity index (χ1v) is 5.19. The molecule has 0 aliphatic rings. The van der Waals surface area contributed by atoms with Gasteiger partial charge in [0.15, 0.2) is 0 Å². The minimum atomic E-state index is -4.46. The first-order chi connectivity index (χ1) is 8.81. The average molecular weight is 278 g/mol. The number of nitrogens with two attached hydrogens (primary N) is 1. The fraction of sp³-hybridized carbons (Fsp3) is 0.364. The van der Waals surface area contributed by atoms with Crippen molar-refractivity contribution in [1.29, 1.82) is 0 Å². The molecule has 0 aliphatic heterocycles. The molecule has 1 rings (SSSR count). The SMILES string of the molecule is COc1ccc(N)cc1NC(=O)COCC(F)(F)F. The molecular formula is C11H13F3N2O3. The zero-order valence-electron chi connectivity index (χ0n) is 10.1. The summed E-state index contributed by atoms with van der Waals surface area (Å²) in [5.41, 5.74) is 6.18. The van der Waals surface area contributed by atoms with E-state index in [9.17, 15) is 18.0 Å². The summed E-state index contributed by atoms with van der Waals surface area (Å²) in [5.74, 6) is -0.383. The number of alkyl halides is 3. The molecule has 0 heterocycles. The number of methoxy groups -OCH3 is 1. The molecule has 5 nitrogen and oxygen atoms in total. The van der Waals surface area contributed by atoms with Gasteiger partial charge in [0.25, 0.3) is 0 Å². The van der Waals surface area contributed by atoms with E-state index in [0.717, 1.165) is 0 Å². The van der Waals surface area contributed by atoms with E-state index < -0.39 is 25.3 Å². The number of nitrogens with one attached hydrogen (secondary N) is 1. The van der Waals surface area contributed by atoms with Crippen LogP contribution >= 0.6 is 0 Å². The van der Waals surface area contributed by atoms with E-state index in [-0.39, 0.29) is 5.69 Å². The van der Waals surface area contributed by atoms with Crippen molar-refractivity contribution >= 4 is 17.3 Å². The molecule has 8 heteroatoms. The van der Waals surface area contributed by atoms with Crippen LogP contribution in [0.4, 0.5) is 24.5 Å². The molecule has 0 aliphatic carbocycles. The molecule has 19 heavy (non-hydrogen) atoms. The lowest BCUT2D eigenvalue weighted by Crippen LogP contribution is -2.24. The highest BCUT2D eigenvalue weighted by Crippen LogP contribution is 2.26. The minimum absolute atomic E-state index is 0.267. The van der Waals surface area contributed by atoms with Gasteiger partial charge < -0.3 is 20.5 Å². The van der Waals surface area contributed by atoms with E-state index in [1.165, 1.54) is 19.2 Å². The Morgan fingerprint density at radius 3 is 2.68 bits per heavy atom. The van der Waals surface area contributed by atoms with Crippen LogP contribution in [0.1, 0.15) is 0 Å². The number of rotatable bonds is 5. The zero-order chi connectivity index (χ0) is 14.5. The van der Waals surface area contributed by atoms with Crippen molar-refractivity contribution in [2.75, 3.05) is 31.4 Å². The molecule has 0 spiro atoms. The van der Waals surface area contributed by atoms with E-state index >= 15 is 0 Å². The van der Waals surface area contributed by atoms with Gasteiger partial charge in [-0.25, -0.2) is 0 Å². The lowest BCUT2D eigenvalue weighted by Gasteiger charge is -2.11. The monoisotopic (exact) mass is 278 g/mol. The van der Waals surface area contributed by atoms with Gasteiger partial charge in [0.1, 0.15) is 19.0 Å². The van der Waals surface area contributed by atoms with E-state index in [1.54, 1.807) is 6.07 Å². The Balaban J connectivity index is 2.55. The minimum Gasteiger partial charge on any atom is -0.495 e. The Labute approximate surface area is 107 Å². The van der Waals surface area contributed by atoms with Gasteiger partial charge in [-0.15, -0.1) is 0 Å². The Morgan fingerprint density at radius 2 is 2.11 bits per heavy atom. The number of benzene rings is 1. The highest BCUT2D eigenvalue weighted by Gasteiger charge is 2.27. The van der Waals surface area contributed by atoms with Gasteiger partial charge in [-0.2, -0.15) is 13.2 Å². The molecule has 0 saturated carbocycles. The Hall–Kier alpha value is -1.96. The molecule has 3 N–H and O–H groups in total. The summed E-state index contributed by atoms with van der Waals surface area (Å²) in [6, 6.07) is 4.52. The molecule has 1 aromatic carbocycles. The first kappa shape index (κ1) is 15.1. The van der Waals surface area contributed by atoms with Crippen molar-refractivity contribution in [3.05, 3.63) is 18.2 Å². The molecule has 0 saturated heterocycles. The number of amides is 1. The fourth-order valence-electron chi connectivity index (χ4n) is 1.27. The number of nitrogen functional groups attached to an aromatic ring is 1. The lowest BCUT2D eigenvalue weighted by atomic mass is 10.2. The van der Waals surface area contributed by atoms with E-state index in [0.29, 0.717) is 11.4 Å². The maximum absolute atomic E-state index is 11.8. The topological polar surface area (TPSA) is 73.6 Å². The largest absolute Gasteiger partial charge is 0.495 e. The molecule has 0 atom stereocenters. The Morgan fingerprint density at radius 1 is 1.42 bits per heavy atom. The highest BCUT2D eigenvalue weighted by molar-refractivity contribution is 5.93. The van der Waals surface area contributed by atoms with Crippen molar-refractivity contribution < 1.29 is 27.4 Å². The molecular weight excluding hydrogens is 265 g/mol. The molecule has 0 unspecified atom stereocenters. The molecule has 106 valence electrons. The van der Waals surface area contributed by atoms with Gasteiger partial charge in [0.05, 0.1) is 12.8 Å². The quantitative estimate of drug-likeness (QED) is 0.805. The number of halogens is 3. The Bertz CT molecular complexity index is 449. The summed E-state index contributed by atoms with van der Waals surface area (Å²) < 4.78 is 44.6. The second-order valence-electron chi connectivity index (χ2n) is 3.62. The van der Waals surface area contributed by atoms with E-state index in [1.807, 2.05) is 0 Å². The zero-order valence-corrected chi connectivity index (χ0v) is 10.1. The van der Waals surface area contributed by atoms with Crippen LogP contribution in [-0.2, 0) is 9.53 Å². The number of hydrogen-bond donors (Lipinski definition) is 2. The van der Waals surface area contributed by atoms with Crippen LogP contribution in [0.25, 0.3) is 0 Å². The molecule has 1 aromatic rings. The van der Waals surface area contributed by atoms with Crippen LogP contribution in [0.2, 0.25) is 0 Å². The average Bonchev–Trinajstić information content (AvgIpc) is 2.27. The maximum Gasteiger partial charge on any atom is 0.411 e. The molecule has 0 aromatic heterocycles. The van der Waals surface area contributed by atoms with Gasteiger partial charge in [-0.3, -0.25) is 4.79 Å². The van der Waals surface area contributed by atoms with Crippen molar-refractivity contribution in [2.24, 2.45) is 0 Å². The van der Waals surface area contributed by atoms with Crippen LogP contribution in [0, 0.1) is 0 Å². The maximum atomic E-state index is 11.8. The predicted octanol–water partition coefficient (Wildman–Crippen LogP) is 1.79. The van der Waals surface area contributed by atoms with Gasteiger partial charge in [-0.1, -0.05) is 0 Å². The van der Waals surface area contributed by atoms with E-state index in [2.05, 4.69) is 10.1 Å². The van der Waals surface area contributed by atoms with Crippen LogP contribution in [0.3, 0.4) is 0 Å². The second-order valence-corrected chi connectivity index (χ2v) is 3.62. The number of hydrogen-bond acceptors (Lipinski definition) is 4. The van der Waals surface area contributed by atoms with Gasteiger partial charge in [0.2, 0.25) is 5.91 Å². The lowest BCUT2D eigenvalue weighted by molar-refractivity contribution is -0.174. The standard InChI is InChI=1S/C11H13F3N2O3/c1-18-9-3-2-7(15)4-8(9)16-10(17)5-19-6-11(12,13)14/h2-4H,5-6,15H2,1H3,(H,16,17). The molecule has 0 radical (unpaired) electrons. The molecule has 0 bridgehead atoms. The van der Waals surface area contributed by atoms with Crippen molar-refractivity contribution in [1.82, 2.24) is 0 Å². The van der Waals surface area contributed by atoms with Crippen molar-refractivity contribution in [3.8, 4) is 5.75 Å². The Kier molecular flexibility index (Phi) is 4.99. The van der Waals surface area contributed by atoms with Gasteiger partial charge in [0, 0.05) is 5.69 Å². The van der Waals surface area contributed by atoms with Crippen molar-refractivity contribution in [3.63, 3.8) is 0 Å². The molecule has 0 fully saturated rings. The third-order valence-electron chi connectivity index (χ3n) is 2.00. The third kappa shape index (κ3) is 5.47. The van der Waals surface area contributed by atoms with Crippen LogP contribution in [-0.4, -0.2) is 32.4 Å². The third-order valence-corrected chi connectivity index (χ3v) is 2.00. The highest BCUT2D eigenvalue weighted by atomic mass is 19.4. The smallest absolute Gasteiger partial charge is 0.411 e. The number of ether oxygens (including phenoxy) is 2. The summed E-state index contributed by atoms with van der Waals surface area (Å²) in [6.07, 6.45) is -4.46. The summed E-state index contributed by atoms with van der Waals surface area (Å²) in [5, 5.41) is 2.35. The summed E-state index contributed by atoms with van der Waals surface area (Å²) in [7, 11) is 1.39. The summed E-state index contributed by atoms with van der Waals surface area (Å²) in [4.78, 5) is 11.4. The number of carbonyl (C=O) groups is 1. The molecule has 1 amide bonds. The van der Waals surface area contributed by atoms with Crippen LogP contribution in [0.15, 0.2) is 18.2 Å². The second kappa shape index (κ2) is 6.28.